The number of rotatable bonds is 6. The number of thiazole rings is 1. The Morgan fingerprint density at radius 1 is 1.12 bits per heavy atom. The van der Waals surface area contributed by atoms with Gasteiger partial charge in [-0.2, -0.15) is 0 Å². The van der Waals surface area contributed by atoms with Gasteiger partial charge in [0.1, 0.15) is 5.01 Å². The zero-order valence-electron chi connectivity index (χ0n) is 14.2. The highest BCUT2D eigenvalue weighted by atomic mass is 32.1. The van der Waals surface area contributed by atoms with E-state index in [1.165, 1.54) is 19.3 Å². The Morgan fingerprint density at radius 2 is 1.92 bits per heavy atom. The molecule has 0 spiro atoms. The third kappa shape index (κ3) is 5.42. The fourth-order valence-corrected chi connectivity index (χ4v) is 3.94. The van der Waals surface area contributed by atoms with Crippen LogP contribution < -0.4 is 16.0 Å². The third-order valence-electron chi connectivity index (χ3n) is 4.35. The number of carbonyl (C=O) groups excluding carboxylic acids is 2. The van der Waals surface area contributed by atoms with Crippen LogP contribution in [0.25, 0.3) is 10.2 Å². The largest absolute Gasteiger partial charge is 0.350 e. The van der Waals surface area contributed by atoms with Gasteiger partial charge in [-0.3, -0.25) is 4.79 Å². The Kier molecular flexibility index (Phi) is 6.22. The van der Waals surface area contributed by atoms with Crippen LogP contribution in [0.4, 0.5) is 4.79 Å². The average molecular weight is 360 g/mol. The Labute approximate surface area is 151 Å². The fraction of sp³-hybridized carbons (Fsp3) is 0.500. The maximum absolute atomic E-state index is 11.9. The molecule has 1 fully saturated rings. The molecule has 1 aliphatic rings. The van der Waals surface area contributed by atoms with Crippen molar-refractivity contribution in [3.8, 4) is 0 Å². The number of fused-ring (bicyclic) bond motifs is 1. The summed E-state index contributed by atoms with van der Waals surface area (Å²) < 4.78 is 1.12. The van der Waals surface area contributed by atoms with Crippen molar-refractivity contribution in [2.24, 2.45) is 0 Å². The molecule has 1 saturated carbocycles. The summed E-state index contributed by atoms with van der Waals surface area (Å²) in [6.07, 6.45) is 5.99. The minimum Gasteiger partial charge on any atom is -0.350 e. The van der Waals surface area contributed by atoms with E-state index in [1.54, 1.807) is 11.3 Å². The molecule has 0 saturated heterocycles. The number of amides is 3. The summed E-state index contributed by atoms with van der Waals surface area (Å²) in [6, 6.07) is 8.02. The van der Waals surface area contributed by atoms with Crippen molar-refractivity contribution in [2.75, 3.05) is 6.54 Å². The number of hydrogen-bond acceptors (Lipinski definition) is 4. The monoisotopic (exact) mass is 360 g/mol. The highest BCUT2D eigenvalue weighted by molar-refractivity contribution is 7.18. The number of benzene rings is 1. The van der Waals surface area contributed by atoms with Crippen molar-refractivity contribution in [1.29, 1.82) is 0 Å². The SMILES string of the molecule is O=C(CCNC(=O)NC1CCCCC1)NCc1nc2ccccc2s1. The molecule has 0 radical (unpaired) electrons. The molecular formula is C18H24N4O2S. The Balaban J connectivity index is 1.33. The van der Waals surface area contributed by atoms with Gasteiger partial charge in [0.25, 0.3) is 0 Å². The number of hydrogen-bond donors (Lipinski definition) is 3. The number of aromatic nitrogens is 1. The van der Waals surface area contributed by atoms with E-state index in [1.807, 2.05) is 24.3 Å². The second-order valence-electron chi connectivity index (χ2n) is 6.34. The first-order chi connectivity index (χ1) is 12.2. The van der Waals surface area contributed by atoms with Gasteiger partial charge in [-0.1, -0.05) is 31.4 Å². The van der Waals surface area contributed by atoms with E-state index in [-0.39, 0.29) is 24.4 Å². The fourth-order valence-electron chi connectivity index (χ4n) is 3.03. The van der Waals surface area contributed by atoms with Crippen molar-refractivity contribution in [3.63, 3.8) is 0 Å². The molecule has 25 heavy (non-hydrogen) atoms. The summed E-state index contributed by atoms with van der Waals surface area (Å²) in [5.41, 5.74) is 0.956. The van der Waals surface area contributed by atoms with E-state index < -0.39 is 0 Å². The molecule has 0 atom stereocenters. The first-order valence-electron chi connectivity index (χ1n) is 8.86. The highest BCUT2D eigenvalue weighted by Crippen LogP contribution is 2.21. The second-order valence-corrected chi connectivity index (χ2v) is 7.45. The molecule has 0 unspecified atom stereocenters. The zero-order valence-corrected chi connectivity index (χ0v) is 15.0. The summed E-state index contributed by atoms with van der Waals surface area (Å²) in [4.78, 5) is 28.2. The first-order valence-corrected chi connectivity index (χ1v) is 9.68. The predicted octanol–water partition coefficient (Wildman–Crippen LogP) is 2.93. The topological polar surface area (TPSA) is 83.1 Å². The van der Waals surface area contributed by atoms with Gasteiger partial charge in [-0.25, -0.2) is 9.78 Å². The summed E-state index contributed by atoms with van der Waals surface area (Å²) >= 11 is 1.58. The number of nitrogens with one attached hydrogen (secondary N) is 3. The molecule has 3 N–H and O–H groups in total. The summed E-state index contributed by atoms with van der Waals surface area (Å²) in [7, 11) is 0. The van der Waals surface area contributed by atoms with Crippen LogP contribution in [0, 0.1) is 0 Å². The lowest BCUT2D eigenvalue weighted by Gasteiger charge is -2.22. The van der Waals surface area contributed by atoms with E-state index in [4.69, 9.17) is 0 Å². The van der Waals surface area contributed by atoms with Crippen molar-refractivity contribution >= 4 is 33.5 Å². The second kappa shape index (κ2) is 8.80. The standard InChI is InChI=1S/C18H24N4O2S/c23-16(10-11-19-18(24)21-13-6-2-1-3-7-13)20-12-17-22-14-8-4-5-9-15(14)25-17/h4-5,8-9,13H,1-3,6-7,10-12H2,(H,20,23)(H2,19,21,24). The number of urea groups is 1. The van der Waals surface area contributed by atoms with Crippen LogP contribution in [-0.4, -0.2) is 29.5 Å². The highest BCUT2D eigenvalue weighted by Gasteiger charge is 2.15. The predicted molar refractivity (Wildman–Crippen MR) is 99.5 cm³/mol. The molecule has 0 aliphatic heterocycles. The third-order valence-corrected chi connectivity index (χ3v) is 5.39. The molecule has 2 aromatic rings. The van der Waals surface area contributed by atoms with Crippen molar-refractivity contribution in [3.05, 3.63) is 29.3 Å². The molecule has 1 heterocycles. The zero-order chi connectivity index (χ0) is 17.5. The maximum Gasteiger partial charge on any atom is 0.315 e. The Hall–Kier alpha value is -2.15. The maximum atomic E-state index is 11.9. The lowest BCUT2D eigenvalue weighted by Crippen LogP contribution is -2.43. The van der Waals surface area contributed by atoms with Gasteiger partial charge in [-0.05, 0) is 25.0 Å². The lowest BCUT2D eigenvalue weighted by atomic mass is 9.96. The Morgan fingerprint density at radius 3 is 2.72 bits per heavy atom. The van der Waals surface area contributed by atoms with Gasteiger partial charge in [0.05, 0.1) is 16.8 Å². The smallest absolute Gasteiger partial charge is 0.315 e. The molecule has 6 nitrogen and oxygen atoms in total. The molecule has 3 rings (SSSR count). The average Bonchev–Trinajstić information content (AvgIpc) is 3.04. The molecule has 0 bridgehead atoms. The summed E-state index contributed by atoms with van der Waals surface area (Å²) in [5, 5.41) is 9.47. The molecule has 1 aromatic heterocycles. The van der Waals surface area contributed by atoms with Gasteiger partial charge >= 0.3 is 6.03 Å². The number of nitrogens with zero attached hydrogens (tertiary/aromatic N) is 1. The van der Waals surface area contributed by atoms with E-state index in [2.05, 4.69) is 20.9 Å². The van der Waals surface area contributed by atoms with Crippen molar-refractivity contribution in [1.82, 2.24) is 20.9 Å². The summed E-state index contributed by atoms with van der Waals surface area (Å²) in [6.45, 7) is 0.761. The minimum atomic E-state index is -0.175. The van der Waals surface area contributed by atoms with E-state index in [0.717, 1.165) is 28.1 Å². The van der Waals surface area contributed by atoms with Crippen molar-refractivity contribution in [2.45, 2.75) is 51.1 Å². The van der Waals surface area contributed by atoms with Gasteiger partial charge in [-0.15, -0.1) is 11.3 Å². The van der Waals surface area contributed by atoms with E-state index in [0.29, 0.717) is 13.1 Å². The van der Waals surface area contributed by atoms with E-state index in [9.17, 15) is 9.59 Å². The van der Waals surface area contributed by atoms with Crippen LogP contribution in [0.15, 0.2) is 24.3 Å². The molecule has 3 amide bonds. The van der Waals surface area contributed by atoms with Crippen LogP contribution in [-0.2, 0) is 11.3 Å². The number of para-hydroxylation sites is 1. The van der Waals surface area contributed by atoms with Crippen LogP contribution in [0.5, 0.6) is 0 Å². The minimum absolute atomic E-state index is 0.0859. The quantitative estimate of drug-likeness (QED) is 0.741. The van der Waals surface area contributed by atoms with Crippen LogP contribution in [0.1, 0.15) is 43.5 Å². The lowest BCUT2D eigenvalue weighted by molar-refractivity contribution is -0.121. The summed E-state index contributed by atoms with van der Waals surface area (Å²) in [5.74, 6) is -0.0859. The number of carbonyl (C=O) groups is 2. The van der Waals surface area contributed by atoms with Gasteiger partial charge in [0.2, 0.25) is 5.91 Å². The van der Waals surface area contributed by atoms with Gasteiger partial charge < -0.3 is 16.0 Å². The molecule has 134 valence electrons. The first kappa shape index (κ1) is 17.7. The molecular weight excluding hydrogens is 336 g/mol. The van der Waals surface area contributed by atoms with Crippen LogP contribution in [0.2, 0.25) is 0 Å². The molecule has 7 heteroatoms. The normalized spacial score (nSPS) is 15.0. The van der Waals surface area contributed by atoms with Gasteiger partial charge in [0, 0.05) is 19.0 Å². The van der Waals surface area contributed by atoms with Crippen LogP contribution in [0.3, 0.4) is 0 Å². The van der Waals surface area contributed by atoms with Crippen LogP contribution >= 0.6 is 11.3 Å². The Bertz CT molecular complexity index is 692. The van der Waals surface area contributed by atoms with Gasteiger partial charge in [0.15, 0.2) is 0 Å². The molecule has 1 aliphatic carbocycles. The molecule has 1 aromatic carbocycles. The van der Waals surface area contributed by atoms with Crippen molar-refractivity contribution < 1.29 is 9.59 Å². The van der Waals surface area contributed by atoms with E-state index >= 15 is 0 Å².